The van der Waals surface area contributed by atoms with Crippen molar-refractivity contribution in [1.82, 2.24) is 4.98 Å². The first-order chi connectivity index (χ1) is 7.99. The highest BCUT2D eigenvalue weighted by molar-refractivity contribution is 5.76. The van der Waals surface area contributed by atoms with Crippen molar-refractivity contribution in [3.8, 4) is 0 Å². The van der Waals surface area contributed by atoms with Gasteiger partial charge in [0.05, 0.1) is 5.69 Å². The van der Waals surface area contributed by atoms with Crippen molar-refractivity contribution in [2.45, 2.75) is 32.9 Å². The van der Waals surface area contributed by atoms with Crippen molar-refractivity contribution in [3.63, 3.8) is 0 Å². The first-order valence-electron chi connectivity index (χ1n) is 5.22. The number of aryl methyl sites for hydroxylation is 2. The van der Waals surface area contributed by atoms with Crippen LogP contribution in [0.25, 0.3) is 0 Å². The van der Waals surface area contributed by atoms with E-state index in [2.05, 4.69) is 4.98 Å². The number of hydrogen-bond donors (Lipinski definition) is 0. The standard InChI is InChI=1S/C10H12N2O5/c1-5-6(2)17-9(11-5)4-16-10(13)7-3-8(7)12(14)15/h7-8H,3-4H2,1-2H3. The summed E-state index contributed by atoms with van der Waals surface area (Å²) in [6.45, 7) is 3.47. The van der Waals surface area contributed by atoms with E-state index in [0.717, 1.165) is 5.69 Å². The summed E-state index contributed by atoms with van der Waals surface area (Å²) in [5.41, 5.74) is 0.741. The lowest BCUT2D eigenvalue weighted by Gasteiger charge is -1.99. The van der Waals surface area contributed by atoms with Crippen molar-refractivity contribution in [1.29, 1.82) is 0 Å². The second-order valence-electron chi connectivity index (χ2n) is 4.05. The Labute approximate surface area is 96.9 Å². The van der Waals surface area contributed by atoms with Crippen molar-refractivity contribution in [2.75, 3.05) is 0 Å². The average molecular weight is 240 g/mol. The topological polar surface area (TPSA) is 95.5 Å². The Kier molecular flexibility index (Phi) is 2.83. The van der Waals surface area contributed by atoms with Crippen molar-refractivity contribution in [3.05, 3.63) is 27.5 Å². The molecule has 0 spiro atoms. The molecule has 0 radical (unpaired) electrons. The molecule has 1 aliphatic rings. The Morgan fingerprint density at radius 2 is 2.35 bits per heavy atom. The highest BCUT2D eigenvalue weighted by Gasteiger charge is 2.54. The van der Waals surface area contributed by atoms with Gasteiger partial charge in [-0.25, -0.2) is 4.98 Å². The molecule has 1 aromatic heterocycles. The van der Waals surface area contributed by atoms with Gasteiger partial charge in [-0.3, -0.25) is 14.9 Å². The van der Waals surface area contributed by atoms with Gasteiger partial charge in [0.2, 0.25) is 11.9 Å². The van der Waals surface area contributed by atoms with Gasteiger partial charge in [-0.1, -0.05) is 0 Å². The summed E-state index contributed by atoms with van der Waals surface area (Å²) in [7, 11) is 0. The zero-order valence-electron chi connectivity index (χ0n) is 9.50. The summed E-state index contributed by atoms with van der Waals surface area (Å²) in [5.74, 6) is -0.181. The molecule has 0 bridgehead atoms. The molecule has 0 saturated heterocycles. The first-order valence-corrected chi connectivity index (χ1v) is 5.22. The lowest BCUT2D eigenvalue weighted by molar-refractivity contribution is -0.497. The smallest absolute Gasteiger partial charge is 0.316 e. The van der Waals surface area contributed by atoms with Gasteiger partial charge in [0.15, 0.2) is 6.61 Å². The summed E-state index contributed by atoms with van der Waals surface area (Å²) in [6.07, 6.45) is 0.259. The van der Waals surface area contributed by atoms with Crippen LogP contribution in [0, 0.1) is 29.9 Å². The van der Waals surface area contributed by atoms with Crippen LogP contribution in [-0.2, 0) is 16.1 Å². The summed E-state index contributed by atoms with van der Waals surface area (Å²) in [5, 5.41) is 10.4. The fourth-order valence-electron chi connectivity index (χ4n) is 1.51. The molecule has 1 fully saturated rings. The highest BCUT2D eigenvalue weighted by atomic mass is 16.6. The summed E-state index contributed by atoms with van der Waals surface area (Å²) in [4.78, 5) is 25.3. The lowest BCUT2D eigenvalue weighted by Crippen LogP contribution is -2.13. The quantitative estimate of drug-likeness (QED) is 0.442. The second-order valence-corrected chi connectivity index (χ2v) is 4.05. The molecule has 17 heavy (non-hydrogen) atoms. The summed E-state index contributed by atoms with van der Waals surface area (Å²) >= 11 is 0. The normalized spacial score (nSPS) is 22.2. The second kappa shape index (κ2) is 4.15. The minimum Gasteiger partial charge on any atom is -0.455 e. The SMILES string of the molecule is Cc1nc(COC(=O)C2CC2[N+](=O)[O-])oc1C. The summed E-state index contributed by atoms with van der Waals surface area (Å²) < 4.78 is 10.1. The van der Waals surface area contributed by atoms with Crippen LogP contribution >= 0.6 is 0 Å². The Balaban J connectivity index is 1.83. The third-order valence-electron chi connectivity index (χ3n) is 2.74. The van der Waals surface area contributed by atoms with Crippen LogP contribution in [0.2, 0.25) is 0 Å². The molecule has 1 aliphatic carbocycles. The van der Waals surface area contributed by atoms with Crippen molar-refractivity contribution in [2.24, 2.45) is 5.92 Å². The van der Waals surface area contributed by atoms with Gasteiger partial charge in [-0.15, -0.1) is 0 Å². The highest BCUT2D eigenvalue weighted by Crippen LogP contribution is 2.34. The van der Waals surface area contributed by atoms with E-state index in [1.807, 2.05) is 0 Å². The molecular formula is C10H12N2O5. The number of ether oxygens (including phenoxy) is 1. The van der Waals surface area contributed by atoms with E-state index >= 15 is 0 Å². The lowest BCUT2D eigenvalue weighted by atomic mass is 10.4. The fourth-order valence-corrected chi connectivity index (χ4v) is 1.51. The fraction of sp³-hybridized carbons (Fsp3) is 0.600. The number of hydrogen-bond acceptors (Lipinski definition) is 6. The zero-order valence-corrected chi connectivity index (χ0v) is 9.50. The minimum atomic E-state index is -0.782. The van der Waals surface area contributed by atoms with E-state index in [1.165, 1.54) is 0 Å². The predicted molar refractivity (Wildman–Crippen MR) is 54.7 cm³/mol. The molecule has 7 nitrogen and oxygen atoms in total. The van der Waals surface area contributed by atoms with Gasteiger partial charge in [0.1, 0.15) is 11.7 Å². The van der Waals surface area contributed by atoms with Crippen molar-refractivity contribution >= 4 is 5.97 Å². The van der Waals surface area contributed by atoms with Crippen LogP contribution in [0.15, 0.2) is 4.42 Å². The molecule has 2 rings (SSSR count). The van der Waals surface area contributed by atoms with Crippen LogP contribution in [-0.4, -0.2) is 21.9 Å². The van der Waals surface area contributed by atoms with Gasteiger partial charge in [-0.2, -0.15) is 0 Å². The molecule has 0 amide bonds. The van der Waals surface area contributed by atoms with Gasteiger partial charge in [0.25, 0.3) is 0 Å². The molecule has 2 unspecified atom stereocenters. The average Bonchev–Trinajstić information content (AvgIpc) is 2.99. The molecule has 1 heterocycles. The zero-order chi connectivity index (χ0) is 12.6. The molecule has 0 aromatic carbocycles. The molecule has 2 atom stereocenters. The summed E-state index contributed by atoms with van der Waals surface area (Å²) in [6, 6.07) is -0.782. The van der Waals surface area contributed by atoms with Crippen LogP contribution in [0.5, 0.6) is 0 Å². The van der Waals surface area contributed by atoms with Gasteiger partial charge in [0, 0.05) is 11.3 Å². The molecule has 1 aromatic rings. The Hall–Kier alpha value is -1.92. The first kappa shape index (κ1) is 11.6. The number of carbonyl (C=O) groups is 1. The van der Waals surface area contributed by atoms with Gasteiger partial charge >= 0.3 is 5.97 Å². The number of rotatable bonds is 4. The number of esters is 1. The van der Waals surface area contributed by atoms with Crippen LogP contribution < -0.4 is 0 Å². The van der Waals surface area contributed by atoms with Gasteiger partial charge in [-0.05, 0) is 13.8 Å². The maximum atomic E-state index is 11.4. The molecule has 92 valence electrons. The van der Waals surface area contributed by atoms with Crippen molar-refractivity contribution < 1.29 is 18.9 Å². The van der Waals surface area contributed by atoms with Gasteiger partial charge < -0.3 is 9.15 Å². The Morgan fingerprint density at radius 3 is 2.82 bits per heavy atom. The van der Waals surface area contributed by atoms with Crippen LogP contribution in [0.4, 0.5) is 0 Å². The maximum Gasteiger partial charge on any atom is 0.316 e. The number of oxazole rings is 1. The predicted octanol–water partition coefficient (Wildman–Crippen LogP) is 1.000. The number of nitro groups is 1. The third-order valence-corrected chi connectivity index (χ3v) is 2.74. The Bertz CT molecular complexity index is 448. The van der Waals surface area contributed by atoms with E-state index in [9.17, 15) is 14.9 Å². The Morgan fingerprint density at radius 1 is 1.65 bits per heavy atom. The number of nitrogens with zero attached hydrogens (tertiary/aromatic N) is 2. The van der Waals surface area contributed by atoms with E-state index < -0.39 is 22.9 Å². The largest absolute Gasteiger partial charge is 0.455 e. The van der Waals surface area contributed by atoms with Crippen LogP contribution in [0.1, 0.15) is 23.8 Å². The van der Waals surface area contributed by atoms with E-state index in [0.29, 0.717) is 11.7 Å². The molecule has 7 heteroatoms. The molecular weight excluding hydrogens is 228 g/mol. The third kappa shape index (κ3) is 2.43. The maximum absolute atomic E-state index is 11.4. The van der Waals surface area contributed by atoms with E-state index in [4.69, 9.17) is 9.15 Å². The monoisotopic (exact) mass is 240 g/mol. The van der Waals surface area contributed by atoms with E-state index in [-0.39, 0.29) is 13.0 Å². The minimum absolute atomic E-state index is 0.0750. The molecule has 0 aliphatic heterocycles. The number of aromatic nitrogens is 1. The molecule has 0 N–H and O–H groups in total. The van der Waals surface area contributed by atoms with Crippen LogP contribution in [0.3, 0.4) is 0 Å². The van der Waals surface area contributed by atoms with E-state index in [1.54, 1.807) is 13.8 Å². The molecule has 1 saturated carbocycles. The number of carbonyl (C=O) groups excluding carboxylic acids is 1.